The molecule has 0 radical (unpaired) electrons. The van der Waals surface area contributed by atoms with Gasteiger partial charge in [0.1, 0.15) is 0 Å². The summed E-state index contributed by atoms with van der Waals surface area (Å²) in [5.74, 6) is -1.49. The number of carbonyl (C=O) groups is 2. The standard InChI is InChI=1S/C22H27N3O4S/c1-16-6-7-17(2)20(14-16)24-22(27)21(26)23-15-18-8-10-19(11-9-18)30(28,29)25-12-4-3-5-13-25/h6-11,14H,3-5,12-13,15H2,1-2H3,(H,23,26)(H,24,27). The number of anilines is 1. The first-order valence-corrected chi connectivity index (χ1v) is 11.5. The second-order valence-corrected chi connectivity index (χ2v) is 9.50. The number of nitrogens with one attached hydrogen (secondary N) is 2. The molecule has 2 aromatic rings. The van der Waals surface area contributed by atoms with Crippen LogP contribution in [0.3, 0.4) is 0 Å². The number of carbonyl (C=O) groups excluding carboxylic acids is 2. The van der Waals surface area contributed by atoms with E-state index in [9.17, 15) is 18.0 Å². The largest absolute Gasteiger partial charge is 0.344 e. The molecule has 2 N–H and O–H groups in total. The smallest absolute Gasteiger partial charge is 0.313 e. The second-order valence-electron chi connectivity index (χ2n) is 7.56. The Hall–Kier alpha value is -2.71. The fraction of sp³-hybridized carbons (Fsp3) is 0.364. The van der Waals surface area contributed by atoms with E-state index in [4.69, 9.17) is 0 Å². The van der Waals surface area contributed by atoms with E-state index in [1.165, 1.54) is 4.31 Å². The van der Waals surface area contributed by atoms with Crippen LogP contribution in [0.1, 0.15) is 36.0 Å². The molecule has 1 saturated heterocycles. The molecule has 160 valence electrons. The van der Waals surface area contributed by atoms with Gasteiger partial charge in [-0.15, -0.1) is 0 Å². The lowest BCUT2D eigenvalue weighted by atomic mass is 10.1. The summed E-state index contributed by atoms with van der Waals surface area (Å²) in [6.45, 7) is 4.99. The first-order chi connectivity index (χ1) is 14.3. The Morgan fingerprint density at radius 1 is 0.933 bits per heavy atom. The van der Waals surface area contributed by atoms with E-state index in [1.807, 2.05) is 32.0 Å². The van der Waals surface area contributed by atoms with Crippen molar-refractivity contribution in [3.05, 3.63) is 59.2 Å². The molecule has 1 aliphatic rings. The zero-order valence-electron chi connectivity index (χ0n) is 17.3. The number of rotatable bonds is 5. The maximum atomic E-state index is 12.7. The van der Waals surface area contributed by atoms with E-state index < -0.39 is 21.8 Å². The maximum absolute atomic E-state index is 12.7. The third-order valence-corrected chi connectivity index (χ3v) is 7.09. The van der Waals surface area contributed by atoms with Crippen molar-refractivity contribution in [3.63, 3.8) is 0 Å². The van der Waals surface area contributed by atoms with Crippen molar-refractivity contribution in [1.82, 2.24) is 9.62 Å². The van der Waals surface area contributed by atoms with Crippen LogP contribution in [0.5, 0.6) is 0 Å². The van der Waals surface area contributed by atoms with Gasteiger partial charge in [-0.1, -0.05) is 30.7 Å². The summed E-state index contributed by atoms with van der Waals surface area (Å²) >= 11 is 0. The van der Waals surface area contributed by atoms with Crippen LogP contribution in [-0.4, -0.2) is 37.6 Å². The molecular weight excluding hydrogens is 402 g/mol. The Morgan fingerprint density at radius 3 is 2.27 bits per heavy atom. The van der Waals surface area contributed by atoms with E-state index in [0.717, 1.165) is 30.4 Å². The first kappa shape index (κ1) is 22.0. The lowest BCUT2D eigenvalue weighted by Crippen LogP contribution is -2.35. The molecular formula is C22H27N3O4S. The van der Waals surface area contributed by atoms with Crippen LogP contribution in [0.4, 0.5) is 5.69 Å². The Balaban J connectivity index is 1.57. The van der Waals surface area contributed by atoms with Gasteiger partial charge < -0.3 is 10.6 Å². The van der Waals surface area contributed by atoms with Crippen molar-refractivity contribution >= 4 is 27.5 Å². The van der Waals surface area contributed by atoms with Gasteiger partial charge in [0, 0.05) is 25.3 Å². The van der Waals surface area contributed by atoms with E-state index in [1.54, 1.807) is 24.3 Å². The summed E-state index contributed by atoms with van der Waals surface area (Å²) in [6, 6.07) is 12.0. The van der Waals surface area contributed by atoms with Crippen LogP contribution in [0, 0.1) is 13.8 Å². The maximum Gasteiger partial charge on any atom is 0.313 e. The molecule has 1 heterocycles. The Bertz CT molecular complexity index is 1030. The quantitative estimate of drug-likeness (QED) is 0.715. The summed E-state index contributed by atoms with van der Waals surface area (Å²) in [4.78, 5) is 24.5. The fourth-order valence-corrected chi connectivity index (χ4v) is 4.86. The Kier molecular flexibility index (Phi) is 6.89. The monoisotopic (exact) mass is 429 g/mol. The van der Waals surface area contributed by atoms with Crippen LogP contribution in [0.2, 0.25) is 0 Å². The molecule has 0 saturated carbocycles. The lowest BCUT2D eigenvalue weighted by molar-refractivity contribution is -0.136. The van der Waals surface area contributed by atoms with Gasteiger partial charge in [0.2, 0.25) is 10.0 Å². The SMILES string of the molecule is Cc1ccc(C)c(NC(=O)C(=O)NCc2ccc(S(=O)(=O)N3CCCCC3)cc2)c1. The molecule has 0 atom stereocenters. The molecule has 1 aliphatic heterocycles. The van der Waals surface area contributed by atoms with Crippen LogP contribution in [0.25, 0.3) is 0 Å². The minimum absolute atomic E-state index is 0.128. The lowest BCUT2D eigenvalue weighted by Gasteiger charge is -2.25. The van der Waals surface area contributed by atoms with Gasteiger partial charge in [0.15, 0.2) is 0 Å². The predicted molar refractivity (Wildman–Crippen MR) is 115 cm³/mol. The number of benzene rings is 2. The molecule has 0 aliphatic carbocycles. The van der Waals surface area contributed by atoms with E-state index >= 15 is 0 Å². The van der Waals surface area contributed by atoms with Crippen LogP contribution >= 0.6 is 0 Å². The van der Waals surface area contributed by atoms with Gasteiger partial charge >= 0.3 is 11.8 Å². The van der Waals surface area contributed by atoms with Gasteiger partial charge in [-0.05, 0) is 61.6 Å². The molecule has 0 bridgehead atoms. The van der Waals surface area contributed by atoms with Crippen molar-refractivity contribution in [1.29, 1.82) is 0 Å². The predicted octanol–water partition coefficient (Wildman–Crippen LogP) is 2.73. The van der Waals surface area contributed by atoms with Crippen molar-refractivity contribution < 1.29 is 18.0 Å². The van der Waals surface area contributed by atoms with E-state index in [-0.39, 0.29) is 11.4 Å². The van der Waals surface area contributed by atoms with E-state index in [0.29, 0.717) is 24.3 Å². The molecule has 3 rings (SSSR count). The van der Waals surface area contributed by atoms with Crippen molar-refractivity contribution in [2.45, 2.75) is 44.6 Å². The number of hydrogen-bond donors (Lipinski definition) is 2. The van der Waals surface area contributed by atoms with Crippen molar-refractivity contribution in [2.24, 2.45) is 0 Å². The molecule has 30 heavy (non-hydrogen) atoms. The normalized spacial score (nSPS) is 14.9. The van der Waals surface area contributed by atoms with Crippen molar-refractivity contribution in [3.8, 4) is 0 Å². The third kappa shape index (κ3) is 5.25. The zero-order chi connectivity index (χ0) is 21.7. The molecule has 0 unspecified atom stereocenters. The van der Waals surface area contributed by atoms with Crippen molar-refractivity contribution in [2.75, 3.05) is 18.4 Å². The highest BCUT2D eigenvalue weighted by atomic mass is 32.2. The molecule has 7 nitrogen and oxygen atoms in total. The van der Waals surface area contributed by atoms with Gasteiger partial charge in [-0.3, -0.25) is 9.59 Å². The van der Waals surface area contributed by atoms with Crippen LogP contribution < -0.4 is 10.6 Å². The molecule has 8 heteroatoms. The highest BCUT2D eigenvalue weighted by molar-refractivity contribution is 7.89. The van der Waals surface area contributed by atoms with Gasteiger partial charge in [-0.25, -0.2) is 8.42 Å². The second kappa shape index (κ2) is 9.40. The summed E-state index contributed by atoms with van der Waals surface area (Å²) in [5, 5.41) is 5.18. The average Bonchev–Trinajstić information content (AvgIpc) is 2.75. The number of sulfonamides is 1. The van der Waals surface area contributed by atoms with E-state index in [2.05, 4.69) is 10.6 Å². The molecule has 1 fully saturated rings. The average molecular weight is 430 g/mol. The molecule has 0 aromatic heterocycles. The fourth-order valence-electron chi connectivity index (χ4n) is 3.35. The topological polar surface area (TPSA) is 95.6 Å². The summed E-state index contributed by atoms with van der Waals surface area (Å²) < 4.78 is 26.9. The highest BCUT2D eigenvalue weighted by Gasteiger charge is 2.25. The Labute approximate surface area is 177 Å². The first-order valence-electron chi connectivity index (χ1n) is 10.0. The summed E-state index contributed by atoms with van der Waals surface area (Å²) in [5.41, 5.74) is 3.16. The molecule has 2 amide bonds. The number of nitrogens with zero attached hydrogens (tertiary/aromatic N) is 1. The zero-order valence-corrected chi connectivity index (χ0v) is 18.1. The minimum Gasteiger partial charge on any atom is -0.344 e. The number of aryl methyl sites for hydroxylation is 2. The number of amides is 2. The van der Waals surface area contributed by atoms with Crippen LogP contribution in [-0.2, 0) is 26.2 Å². The van der Waals surface area contributed by atoms with Gasteiger partial charge in [0.25, 0.3) is 0 Å². The number of piperidine rings is 1. The molecule has 0 spiro atoms. The van der Waals surface area contributed by atoms with Gasteiger partial charge in [0.05, 0.1) is 4.90 Å². The summed E-state index contributed by atoms with van der Waals surface area (Å²) in [6.07, 6.45) is 2.82. The summed E-state index contributed by atoms with van der Waals surface area (Å²) in [7, 11) is -3.48. The number of hydrogen-bond acceptors (Lipinski definition) is 4. The Morgan fingerprint density at radius 2 is 1.60 bits per heavy atom. The minimum atomic E-state index is -3.48. The van der Waals surface area contributed by atoms with Gasteiger partial charge in [-0.2, -0.15) is 4.31 Å². The third-order valence-electron chi connectivity index (χ3n) is 5.18. The van der Waals surface area contributed by atoms with Crippen LogP contribution in [0.15, 0.2) is 47.4 Å². The highest BCUT2D eigenvalue weighted by Crippen LogP contribution is 2.21. The molecule has 2 aromatic carbocycles.